The molecular formula is C17H17Cl2NO. The summed E-state index contributed by atoms with van der Waals surface area (Å²) in [7, 11) is 1.94. The first kappa shape index (κ1) is 16.0. The maximum absolute atomic E-state index is 12.2. The Labute approximate surface area is 135 Å². The van der Waals surface area contributed by atoms with Crippen molar-refractivity contribution in [2.24, 2.45) is 0 Å². The highest BCUT2D eigenvalue weighted by Gasteiger charge is 2.13. The Bertz CT molecular complexity index is 613. The number of likely N-dealkylation sites (N-methyl/N-ethyl adjacent to an activating group) is 1. The van der Waals surface area contributed by atoms with Gasteiger partial charge in [-0.05, 0) is 37.2 Å². The second-order valence-electron chi connectivity index (χ2n) is 5.02. The summed E-state index contributed by atoms with van der Waals surface area (Å²) >= 11 is 11.9. The predicted octanol–water partition coefficient (Wildman–Crippen LogP) is 4.35. The quantitative estimate of drug-likeness (QED) is 0.737. The molecule has 0 heterocycles. The van der Waals surface area contributed by atoms with Crippen LogP contribution in [0.3, 0.4) is 0 Å². The smallest absolute Gasteiger partial charge is 0.178 e. The summed E-state index contributed by atoms with van der Waals surface area (Å²) in [4.78, 5) is 14.2. The van der Waals surface area contributed by atoms with Gasteiger partial charge < -0.3 is 0 Å². The van der Waals surface area contributed by atoms with E-state index in [1.54, 1.807) is 18.2 Å². The molecule has 0 atom stereocenters. The van der Waals surface area contributed by atoms with Crippen LogP contribution in [0.5, 0.6) is 0 Å². The molecule has 0 saturated heterocycles. The Balaban J connectivity index is 1.90. The minimum absolute atomic E-state index is 0.00669. The van der Waals surface area contributed by atoms with E-state index in [1.165, 1.54) is 5.56 Å². The molecule has 4 heteroatoms. The molecule has 0 aromatic heterocycles. The van der Waals surface area contributed by atoms with Gasteiger partial charge in [0.05, 0.1) is 11.6 Å². The fraction of sp³-hybridized carbons (Fsp3) is 0.235. The third kappa shape index (κ3) is 4.85. The zero-order chi connectivity index (χ0) is 15.2. The maximum Gasteiger partial charge on any atom is 0.178 e. The van der Waals surface area contributed by atoms with Crippen LogP contribution in [-0.4, -0.2) is 30.8 Å². The summed E-state index contributed by atoms with van der Waals surface area (Å²) in [5, 5.41) is 0.943. The number of ketones is 1. The normalized spacial score (nSPS) is 10.9. The lowest BCUT2D eigenvalue weighted by atomic mass is 10.1. The summed E-state index contributed by atoms with van der Waals surface area (Å²) < 4.78 is 0. The molecular weight excluding hydrogens is 305 g/mol. The number of halogens is 2. The summed E-state index contributed by atoms with van der Waals surface area (Å²) in [6, 6.07) is 15.2. The van der Waals surface area contributed by atoms with Crippen LogP contribution in [0.1, 0.15) is 15.9 Å². The Morgan fingerprint density at radius 1 is 1.10 bits per heavy atom. The van der Waals surface area contributed by atoms with Gasteiger partial charge in [0.25, 0.3) is 0 Å². The molecule has 0 spiro atoms. The van der Waals surface area contributed by atoms with E-state index in [2.05, 4.69) is 12.1 Å². The molecule has 2 nitrogen and oxygen atoms in total. The van der Waals surface area contributed by atoms with Crippen molar-refractivity contribution in [2.75, 3.05) is 20.1 Å². The van der Waals surface area contributed by atoms with Crippen LogP contribution >= 0.6 is 23.2 Å². The number of nitrogens with zero attached hydrogens (tertiary/aromatic N) is 1. The summed E-state index contributed by atoms with van der Waals surface area (Å²) in [5.74, 6) is 0.00669. The van der Waals surface area contributed by atoms with Gasteiger partial charge in [-0.25, -0.2) is 0 Å². The van der Waals surface area contributed by atoms with Crippen LogP contribution in [0.15, 0.2) is 48.5 Å². The Hall–Kier alpha value is -1.35. The van der Waals surface area contributed by atoms with Gasteiger partial charge in [-0.15, -0.1) is 0 Å². The largest absolute Gasteiger partial charge is 0.299 e. The van der Waals surface area contributed by atoms with E-state index in [4.69, 9.17) is 23.2 Å². The van der Waals surface area contributed by atoms with Gasteiger partial charge >= 0.3 is 0 Å². The van der Waals surface area contributed by atoms with Crippen LogP contribution in [-0.2, 0) is 6.42 Å². The maximum atomic E-state index is 12.2. The van der Waals surface area contributed by atoms with Crippen LogP contribution in [0.25, 0.3) is 0 Å². The first-order chi connectivity index (χ1) is 10.1. The van der Waals surface area contributed by atoms with Crippen molar-refractivity contribution in [1.82, 2.24) is 4.90 Å². The third-order valence-corrected chi connectivity index (χ3v) is 3.82. The van der Waals surface area contributed by atoms with Gasteiger partial charge in [-0.1, -0.05) is 53.5 Å². The lowest BCUT2D eigenvalue weighted by Crippen LogP contribution is -2.28. The SMILES string of the molecule is CN(CCc1ccccc1)CC(=O)c1ccc(Cl)cc1Cl. The monoisotopic (exact) mass is 321 g/mol. The van der Waals surface area contributed by atoms with Crippen LogP contribution < -0.4 is 0 Å². The number of carbonyl (C=O) groups excluding carboxylic acids is 1. The van der Waals surface area contributed by atoms with Crippen LogP contribution in [0, 0.1) is 0 Å². The van der Waals surface area contributed by atoms with Crippen molar-refractivity contribution in [1.29, 1.82) is 0 Å². The fourth-order valence-corrected chi connectivity index (χ4v) is 2.60. The highest BCUT2D eigenvalue weighted by Crippen LogP contribution is 2.21. The summed E-state index contributed by atoms with van der Waals surface area (Å²) in [6.07, 6.45) is 0.916. The highest BCUT2D eigenvalue weighted by atomic mass is 35.5. The molecule has 0 fully saturated rings. The standard InChI is InChI=1S/C17H17Cl2NO/c1-20(10-9-13-5-3-2-4-6-13)12-17(21)15-8-7-14(18)11-16(15)19/h2-8,11H,9-10,12H2,1H3. The van der Waals surface area contributed by atoms with Crippen LogP contribution in [0.4, 0.5) is 0 Å². The summed E-state index contributed by atoms with van der Waals surface area (Å²) in [5.41, 5.74) is 1.79. The molecule has 0 aliphatic rings. The number of benzene rings is 2. The molecule has 110 valence electrons. The van der Waals surface area contributed by atoms with E-state index < -0.39 is 0 Å². The number of hydrogen-bond acceptors (Lipinski definition) is 2. The number of Topliss-reactive ketones (excluding diaryl/α,β-unsaturated/α-hetero) is 1. The van der Waals surface area contributed by atoms with E-state index in [9.17, 15) is 4.79 Å². The second kappa shape index (κ2) is 7.60. The average Bonchev–Trinajstić information content (AvgIpc) is 2.46. The molecule has 0 radical (unpaired) electrons. The van der Waals surface area contributed by atoms with Crippen molar-refractivity contribution in [3.05, 3.63) is 69.7 Å². The predicted molar refractivity (Wildman–Crippen MR) is 88.4 cm³/mol. The lowest BCUT2D eigenvalue weighted by Gasteiger charge is -2.16. The molecule has 21 heavy (non-hydrogen) atoms. The van der Waals surface area contributed by atoms with Crippen molar-refractivity contribution in [2.45, 2.75) is 6.42 Å². The molecule has 0 aliphatic heterocycles. The van der Waals surface area contributed by atoms with Crippen molar-refractivity contribution >= 4 is 29.0 Å². The molecule has 2 aromatic carbocycles. The molecule has 2 aromatic rings. The fourth-order valence-electron chi connectivity index (χ4n) is 2.09. The Kier molecular flexibility index (Phi) is 5.80. The zero-order valence-corrected chi connectivity index (χ0v) is 13.4. The topological polar surface area (TPSA) is 20.3 Å². The first-order valence-corrected chi connectivity index (χ1v) is 7.52. The minimum Gasteiger partial charge on any atom is -0.299 e. The van der Waals surface area contributed by atoms with Gasteiger partial charge in [0, 0.05) is 17.1 Å². The van der Waals surface area contributed by atoms with Crippen LogP contribution in [0.2, 0.25) is 10.0 Å². The van der Waals surface area contributed by atoms with E-state index in [0.29, 0.717) is 22.2 Å². The van der Waals surface area contributed by atoms with Crippen molar-refractivity contribution < 1.29 is 4.79 Å². The second-order valence-corrected chi connectivity index (χ2v) is 5.86. The Morgan fingerprint density at radius 2 is 1.81 bits per heavy atom. The van der Waals surface area contributed by atoms with E-state index >= 15 is 0 Å². The lowest BCUT2D eigenvalue weighted by molar-refractivity contribution is 0.0947. The number of rotatable bonds is 6. The average molecular weight is 322 g/mol. The summed E-state index contributed by atoms with van der Waals surface area (Å²) in [6.45, 7) is 1.16. The van der Waals surface area contributed by atoms with E-state index in [1.807, 2.05) is 30.1 Å². The molecule has 0 bridgehead atoms. The van der Waals surface area contributed by atoms with Gasteiger partial charge in [-0.2, -0.15) is 0 Å². The molecule has 0 amide bonds. The first-order valence-electron chi connectivity index (χ1n) is 6.77. The number of hydrogen-bond donors (Lipinski definition) is 0. The molecule has 0 unspecified atom stereocenters. The van der Waals surface area contributed by atoms with Gasteiger partial charge in [0.2, 0.25) is 0 Å². The van der Waals surface area contributed by atoms with Gasteiger partial charge in [-0.3, -0.25) is 9.69 Å². The van der Waals surface area contributed by atoms with Gasteiger partial charge in [0.15, 0.2) is 5.78 Å². The highest BCUT2D eigenvalue weighted by molar-refractivity contribution is 6.36. The van der Waals surface area contributed by atoms with Crippen molar-refractivity contribution in [3.63, 3.8) is 0 Å². The zero-order valence-electron chi connectivity index (χ0n) is 11.9. The van der Waals surface area contributed by atoms with E-state index in [0.717, 1.165) is 13.0 Å². The molecule has 0 N–H and O–H groups in total. The Morgan fingerprint density at radius 3 is 2.48 bits per heavy atom. The molecule has 0 saturated carbocycles. The van der Waals surface area contributed by atoms with E-state index in [-0.39, 0.29) is 5.78 Å². The molecule has 2 rings (SSSR count). The minimum atomic E-state index is 0.00669. The van der Waals surface area contributed by atoms with Crippen molar-refractivity contribution in [3.8, 4) is 0 Å². The third-order valence-electron chi connectivity index (χ3n) is 3.27. The van der Waals surface area contributed by atoms with Gasteiger partial charge in [0.1, 0.15) is 0 Å². The molecule has 0 aliphatic carbocycles. The number of carbonyl (C=O) groups is 1.